The van der Waals surface area contributed by atoms with Gasteiger partial charge in [-0.05, 0) is 61.2 Å². The van der Waals surface area contributed by atoms with Gasteiger partial charge in [0.15, 0.2) is 11.0 Å². The van der Waals surface area contributed by atoms with Crippen molar-refractivity contribution in [3.05, 3.63) is 89.7 Å². The number of carbonyl (C=O) groups is 1. The third-order valence-electron chi connectivity index (χ3n) is 4.95. The Morgan fingerprint density at radius 1 is 0.969 bits per heavy atom. The third-order valence-corrected chi connectivity index (χ3v) is 5.88. The molecule has 0 saturated heterocycles. The summed E-state index contributed by atoms with van der Waals surface area (Å²) in [5, 5.41) is 12.5. The fourth-order valence-corrected chi connectivity index (χ4v) is 4.32. The number of rotatable bonds is 8. The van der Waals surface area contributed by atoms with E-state index in [-0.39, 0.29) is 11.7 Å². The molecule has 2 heterocycles. The number of nitrogens with one attached hydrogen (secondary N) is 1. The summed E-state index contributed by atoms with van der Waals surface area (Å²) in [5.41, 5.74) is 5.42. The van der Waals surface area contributed by atoms with Crippen LogP contribution in [0.5, 0.6) is 0 Å². The summed E-state index contributed by atoms with van der Waals surface area (Å²) in [6.45, 7) is 4.75. The van der Waals surface area contributed by atoms with Crippen LogP contribution in [0.25, 0.3) is 17.1 Å². The summed E-state index contributed by atoms with van der Waals surface area (Å²) < 4.78 is 2.01. The van der Waals surface area contributed by atoms with Gasteiger partial charge in [0.05, 0.1) is 11.4 Å². The number of nitrogens with zero attached hydrogens (tertiary/aromatic N) is 4. The third kappa shape index (κ3) is 5.42. The quantitative estimate of drug-likeness (QED) is 0.409. The van der Waals surface area contributed by atoms with Gasteiger partial charge in [-0.2, -0.15) is 0 Å². The predicted octanol–water partition coefficient (Wildman–Crippen LogP) is 4.40. The first-order valence-electron chi connectivity index (χ1n) is 10.5. The van der Waals surface area contributed by atoms with Gasteiger partial charge in [-0.1, -0.05) is 48.2 Å². The van der Waals surface area contributed by atoms with E-state index in [1.165, 1.54) is 17.3 Å². The molecule has 0 aliphatic carbocycles. The number of pyridine rings is 1. The van der Waals surface area contributed by atoms with Crippen molar-refractivity contribution >= 4 is 17.7 Å². The van der Waals surface area contributed by atoms with Crippen molar-refractivity contribution in [3.8, 4) is 17.1 Å². The minimum atomic E-state index is -0.0219. The average molecular weight is 444 g/mol. The summed E-state index contributed by atoms with van der Waals surface area (Å²) in [6.07, 6.45) is 4.29. The van der Waals surface area contributed by atoms with Crippen LogP contribution in [0.1, 0.15) is 16.7 Å². The van der Waals surface area contributed by atoms with Gasteiger partial charge in [0, 0.05) is 24.5 Å². The molecule has 32 heavy (non-hydrogen) atoms. The Kier molecular flexibility index (Phi) is 6.97. The van der Waals surface area contributed by atoms with Crippen LogP contribution in [0.2, 0.25) is 0 Å². The molecular weight excluding hydrogens is 418 g/mol. The van der Waals surface area contributed by atoms with E-state index in [2.05, 4.69) is 64.7 Å². The fraction of sp³-hybridized carbons (Fsp3) is 0.200. The summed E-state index contributed by atoms with van der Waals surface area (Å²) in [7, 11) is 0. The van der Waals surface area contributed by atoms with Crippen molar-refractivity contribution in [1.29, 1.82) is 0 Å². The highest BCUT2D eigenvalue weighted by atomic mass is 32.2. The van der Waals surface area contributed by atoms with E-state index >= 15 is 0 Å². The normalized spacial score (nSPS) is 10.8. The largest absolute Gasteiger partial charge is 0.355 e. The lowest BCUT2D eigenvalue weighted by atomic mass is 10.1. The van der Waals surface area contributed by atoms with Crippen molar-refractivity contribution in [2.45, 2.75) is 25.4 Å². The molecule has 7 heteroatoms. The highest BCUT2D eigenvalue weighted by molar-refractivity contribution is 7.99. The summed E-state index contributed by atoms with van der Waals surface area (Å²) in [4.78, 5) is 16.5. The standard InChI is InChI=1S/C25H25N5OS/c1-18-14-19(2)16-22(15-18)30-24(21-9-11-26-12-10-21)28-29-25(30)32-17-23(31)27-13-8-20-6-4-3-5-7-20/h3-7,9-12,14-16H,8,13,17H2,1-2H3,(H,27,31). The Balaban J connectivity index is 1.51. The Bertz CT molecular complexity index is 1170. The second kappa shape index (κ2) is 10.2. The van der Waals surface area contributed by atoms with Crippen molar-refractivity contribution < 1.29 is 4.79 Å². The number of amides is 1. The Morgan fingerprint density at radius 3 is 2.41 bits per heavy atom. The van der Waals surface area contributed by atoms with Crippen molar-refractivity contribution in [2.24, 2.45) is 0 Å². The zero-order chi connectivity index (χ0) is 22.3. The van der Waals surface area contributed by atoms with Gasteiger partial charge in [-0.25, -0.2) is 0 Å². The zero-order valence-electron chi connectivity index (χ0n) is 18.2. The maximum absolute atomic E-state index is 12.4. The molecule has 0 radical (unpaired) electrons. The minimum absolute atomic E-state index is 0.0219. The molecule has 1 N–H and O–H groups in total. The highest BCUT2D eigenvalue weighted by Crippen LogP contribution is 2.28. The van der Waals surface area contributed by atoms with E-state index in [1.807, 2.05) is 34.9 Å². The van der Waals surface area contributed by atoms with Crippen LogP contribution >= 0.6 is 11.8 Å². The van der Waals surface area contributed by atoms with Gasteiger partial charge in [-0.3, -0.25) is 14.3 Å². The molecule has 2 aromatic heterocycles. The number of aryl methyl sites for hydroxylation is 2. The van der Waals surface area contributed by atoms with E-state index in [1.54, 1.807) is 12.4 Å². The Morgan fingerprint density at radius 2 is 1.69 bits per heavy atom. The Labute approximate surface area is 192 Å². The maximum atomic E-state index is 12.4. The first kappa shape index (κ1) is 21.8. The first-order valence-corrected chi connectivity index (χ1v) is 11.5. The van der Waals surface area contributed by atoms with Crippen molar-refractivity contribution in [3.63, 3.8) is 0 Å². The summed E-state index contributed by atoms with van der Waals surface area (Å²) in [6, 6.07) is 20.3. The van der Waals surface area contributed by atoms with Gasteiger partial charge in [0.25, 0.3) is 0 Å². The van der Waals surface area contributed by atoms with Gasteiger partial charge in [0.2, 0.25) is 5.91 Å². The van der Waals surface area contributed by atoms with Crippen LogP contribution in [0.15, 0.2) is 78.2 Å². The number of aromatic nitrogens is 4. The molecule has 6 nitrogen and oxygen atoms in total. The van der Waals surface area contributed by atoms with Crippen LogP contribution in [-0.4, -0.2) is 38.0 Å². The maximum Gasteiger partial charge on any atom is 0.230 e. The van der Waals surface area contributed by atoms with E-state index in [0.29, 0.717) is 11.7 Å². The molecule has 4 aromatic rings. The molecule has 2 aromatic carbocycles. The number of thioether (sulfide) groups is 1. The second-order valence-corrected chi connectivity index (χ2v) is 8.54. The lowest BCUT2D eigenvalue weighted by Gasteiger charge is -2.12. The highest BCUT2D eigenvalue weighted by Gasteiger charge is 2.17. The Hall–Kier alpha value is -3.45. The molecule has 4 rings (SSSR count). The average Bonchev–Trinajstić information content (AvgIpc) is 3.22. The van der Waals surface area contributed by atoms with Crippen LogP contribution in [0.4, 0.5) is 0 Å². The summed E-state index contributed by atoms with van der Waals surface area (Å²) >= 11 is 1.39. The van der Waals surface area contributed by atoms with Crippen LogP contribution in [0.3, 0.4) is 0 Å². The lowest BCUT2D eigenvalue weighted by Crippen LogP contribution is -2.27. The van der Waals surface area contributed by atoms with Crippen molar-refractivity contribution in [1.82, 2.24) is 25.1 Å². The number of hydrogen-bond donors (Lipinski definition) is 1. The molecule has 0 aliphatic heterocycles. The van der Waals surface area contributed by atoms with E-state index in [4.69, 9.17) is 0 Å². The smallest absolute Gasteiger partial charge is 0.230 e. The number of benzene rings is 2. The first-order chi connectivity index (χ1) is 15.6. The zero-order valence-corrected chi connectivity index (χ0v) is 19.0. The number of carbonyl (C=O) groups excluding carboxylic acids is 1. The van der Waals surface area contributed by atoms with Gasteiger partial charge >= 0.3 is 0 Å². The molecule has 0 saturated carbocycles. The van der Waals surface area contributed by atoms with Gasteiger partial charge in [-0.15, -0.1) is 10.2 Å². The predicted molar refractivity (Wildman–Crippen MR) is 128 cm³/mol. The van der Waals surface area contributed by atoms with E-state index < -0.39 is 0 Å². The molecule has 0 unspecified atom stereocenters. The van der Waals surface area contributed by atoms with Crippen LogP contribution in [0, 0.1) is 13.8 Å². The van der Waals surface area contributed by atoms with Crippen LogP contribution in [-0.2, 0) is 11.2 Å². The van der Waals surface area contributed by atoms with E-state index in [9.17, 15) is 4.79 Å². The van der Waals surface area contributed by atoms with Crippen LogP contribution < -0.4 is 5.32 Å². The van der Waals surface area contributed by atoms with Crippen molar-refractivity contribution in [2.75, 3.05) is 12.3 Å². The topological polar surface area (TPSA) is 72.7 Å². The van der Waals surface area contributed by atoms with Gasteiger partial charge in [0.1, 0.15) is 0 Å². The molecular formula is C25H25N5OS. The summed E-state index contributed by atoms with van der Waals surface area (Å²) in [5.74, 6) is 0.976. The molecule has 0 spiro atoms. The minimum Gasteiger partial charge on any atom is -0.355 e. The monoisotopic (exact) mass is 443 g/mol. The molecule has 0 bridgehead atoms. The molecule has 162 valence electrons. The fourth-order valence-electron chi connectivity index (χ4n) is 3.54. The van der Waals surface area contributed by atoms with Gasteiger partial charge < -0.3 is 5.32 Å². The SMILES string of the molecule is Cc1cc(C)cc(-n2c(SCC(=O)NCCc3ccccc3)nnc2-c2ccncc2)c1. The molecule has 0 fully saturated rings. The van der Waals surface area contributed by atoms with E-state index in [0.717, 1.165) is 34.6 Å². The second-order valence-electron chi connectivity index (χ2n) is 7.60. The lowest BCUT2D eigenvalue weighted by molar-refractivity contribution is -0.118. The molecule has 1 amide bonds. The number of hydrogen-bond acceptors (Lipinski definition) is 5. The molecule has 0 atom stereocenters. The molecule has 0 aliphatic rings.